The molecule has 9 nitrogen and oxygen atoms in total. The van der Waals surface area contributed by atoms with Crippen LogP contribution < -0.4 is 5.56 Å². The summed E-state index contributed by atoms with van der Waals surface area (Å²) in [6.45, 7) is 2.73. The van der Waals surface area contributed by atoms with E-state index >= 15 is 0 Å². The first kappa shape index (κ1) is 26.8. The normalized spacial score (nSPS) is 11.9. The third-order valence-electron chi connectivity index (χ3n) is 5.74. The van der Waals surface area contributed by atoms with Gasteiger partial charge in [-0.05, 0) is 43.7 Å². The van der Waals surface area contributed by atoms with Gasteiger partial charge in [0.05, 0.1) is 18.4 Å². The monoisotopic (exact) mass is 545 g/mol. The van der Waals surface area contributed by atoms with E-state index in [4.69, 9.17) is 0 Å². The second-order valence-corrected chi connectivity index (χ2v) is 10.5. The minimum Gasteiger partial charge on any atom is -0.280 e. The summed E-state index contributed by atoms with van der Waals surface area (Å²) in [6, 6.07) is 13.5. The van der Waals surface area contributed by atoms with Gasteiger partial charge in [-0.3, -0.25) is 19.3 Å². The van der Waals surface area contributed by atoms with Gasteiger partial charge in [0.15, 0.2) is 5.82 Å². The number of aromatic nitrogens is 4. The van der Waals surface area contributed by atoms with Crippen LogP contribution in [0.3, 0.4) is 0 Å². The fourth-order valence-electron chi connectivity index (χ4n) is 3.90. The van der Waals surface area contributed by atoms with Crippen molar-refractivity contribution in [1.29, 1.82) is 0 Å². The number of hydrogen-bond acceptors (Lipinski definition) is 6. The highest BCUT2D eigenvalue weighted by atomic mass is 32.2. The van der Waals surface area contributed by atoms with Crippen molar-refractivity contribution in [3.05, 3.63) is 99.2 Å². The second-order valence-electron chi connectivity index (χ2n) is 8.55. The molecule has 0 spiro atoms. The van der Waals surface area contributed by atoms with E-state index in [1.165, 1.54) is 13.0 Å². The summed E-state index contributed by atoms with van der Waals surface area (Å²) in [5, 5.41) is 6.69. The Kier molecular flexibility index (Phi) is 6.98. The summed E-state index contributed by atoms with van der Waals surface area (Å²) >= 11 is 0. The van der Waals surface area contributed by atoms with E-state index in [2.05, 4.69) is 15.2 Å². The summed E-state index contributed by atoms with van der Waals surface area (Å²) < 4.78 is 67.1. The predicted octanol–water partition coefficient (Wildman–Crippen LogP) is 3.86. The molecule has 0 saturated carbocycles. The molecule has 1 N–H and O–H groups in total. The molecule has 38 heavy (non-hydrogen) atoms. The zero-order valence-corrected chi connectivity index (χ0v) is 21.3. The largest absolute Gasteiger partial charge is 0.416 e. The first-order chi connectivity index (χ1) is 17.8. The number of benzene rings is 2. The molecule has 2 heterocycles. The standard InChI is InChI=1S/C25H22F3N5O4S/c1-15-20(22-29-16(2)30-31-22)13-21(23(34)32(38(3,36)37)14-17-8-5-4-6-9-17)24(35)33(15)19-11-7-10-18(12-19)25(26,27)28/h4-13H,14H2,1-3H3,(H,29,30,31). The summed E-state index contributed by atoms with van der Waals surface area (Å²) in [7, 11) is -4.16. The van der Waals surface area contributed by atoms with E-state index in [0.29, 0.717) is 15.7 Å². The van der Waals surface area contributed by atoms with Gasteiger partial charge in [-0.1, -0.05) is 36.4 Å². The lowest BCUT2D eigenvalue weighted by Gasteiger charge is -2.22. The van der Waals surface area contributed by atoms with Crippen LogP contribution in [-0.4, -0.2) is 44.6 Å². The van der Waals surface area contributed by atoms with Gasteiger partial charge in [0.25, 0.3) is 11.5 Å². The van der Waals surface area contributed by atoms with Gasteiger partial charge in [0, 0.05) is 16.9 Å². The minimum atomic E-state index is -4.69. The van der Waals surface area contributed by atoms with Crippen LogP contribution in [0.1, 0.15) is 33.0 Å². The number of halogens is 3. The Morgan fingerprint density at radius 1 is 1.05 bits per heavy atom. The van der Waals surface area contributed by atoms with E-state index < -0.39 is 38.8 Å². The Morgan fingerprint density at radius 2 is 1.74 bits per heavy atom. The van der Waals surface area contributed by atoms with Crippen molar-refractivity contribution in [3.63, 3.8) is 0 Å². The Bertz CT molecular complexity index is 1680. The number of pyridine rings is 1. The van der Waals surface area contributed by atoms with Crippen LogP contribution in [-0.2, 0) is 22.7 Å². The number of amides is 1. The van der Waals surface area contributed by atoms with Crippen molar-refractivity contribution >= 4 is 15.9 Å². The van der Waals surface area contributed by atoms with Gasteiger partial charge >= 0.3 is 6.18 Å². The van der Waals surface area contributed by atoms with Crippen LogP contribution in [0.2, 0.25) is 0 Å². The lowest BCUT2D eigenvalue weighted by Crippen LogP contribution is -2.40. The molecule has 0 aliphatic carbocycles. The van der Waals surface area contributed by atoms with Crippen LogP contribution in [0.5, 0.6) is 0 Å². The third-order valence-corrected chi connectivity index (χ3v) is 6.84. The number of H-pyrrole nitrogens is 1. The van der Waals surface area contributed by atoms with Crippen molar-refractivity contribution in [2.75, 3.05) is 6.26 Å². The fourth-order valence-corrected chi connectivity index (χ4v) is 4.69. The number of hydrogen-bond donors (Lipinski definition) is 1. The summed E-state index contributed by atoms with van der Waals surface area (Å²) in [6.07, 6.45) is -3.86. The van der Waals surface area contributed by atoms with Gasteiger partial charge in [-0.15, -0.1) is 0 Å². The molecule has 4 aromatic rings. The number of aromatic amines is 1. The number of sulfonamides is 1. The molecule has 2 aromatic heterocycles. The van der Waals surface area contributed by atoms with E-state index in [0.717, 1.165) is 35.1 Å². The maximum atomic E-state index is 13.7. The molecule has 13 heteroatoms. The van der Waals surface area contributed by atoms with Crippen LogP contribution in [0, 0.1) is 13.8 Å². The SMILES string of the molecule is Cc1nc(-c2cc(C(=O)N(Cc3ccccc3)S(C)(=O)=O)c(=O)n(-c3cccc(C(F)(F)F)c3)c2C)n[nH]1. The van der Waals surface area contributed by atoms with Crippen molar-refractivity contribution in [2.45, 2.75) is 26.6 Å². The second kappa shape index (κ2) is 9.89. The number of nitrogens with one attached hydrogen (secondary N) is 1. The van der Waals surface area contributed by atoms with Gasteiger partial charge in [-0.2, -0.15) is 18.3 Å². The van der Waals surface area contributed by atoms with Gasteiger partial charge in [-0.25, -0.2) is 17.7 Å². The molecule has 4 rings (SSSR count). The zero-order valence-electron chi connectivity index (χ0n) is 20.4. The Morgan fingerprint density at radius 3 is 2.32 bits per heavy atom. The van der Waals surface area contributed by atoms with E-state index in [1.54, 1.807) is 37.3 Å². The molecular formula is C25H22F3N5O4S. The Balaban J connectivity index is 1.97. The summed E-state index contributed by atoms with van der Waals surface area (Å²) in [4.78, 5) is 31.5. The Labute approximate surface area is 215 Å². The van der Waals surface area contributed by atoms with Crippen LogP contribution in [0.4, 0.5) is 13.2 Å². The number of alkyl halides is 3. The molecule has 0 saturated heterocycles. The molecule has 0 radical (unpaired) electrons. The first-order valence-corrected chi connectivity index (χ1v) is 13.0. The molecular weight excluding hydrogens is 523 g/mol. The fraction of sp³-hybridized carbons (Fsp3) is 0.200. The average molecular weight is 546 g/mol. The Hall–Kier alpha value is -4.26. The number of nitrogens with zero attached hydrogens (tertiary/aromatic N) is 4. The van der Waals surface area contributed by atoms with Crippen LogP contribution in [0.15, 0.2) is 65.5 Å². The maximum Gasteiger partial charge on any atom is 0.416 e. The van der Waals surface area contributed by atoms with E-state index in [-0.39, 0.29) is 29.3 Å². The number of carbonyl (C=O) groups excluding carboxylic acids is 1. The molecule has 0 aliphatic heterocycles. The number of carbonyl (C=O) groups is 1. The average Bonchev–Trinajstić information content (AvgIpc) is 3.28. The molecule has 198 valence electrons. The van der Waals surface area contributed by atoms with Crippen molar-refractivity contribution < 1.29 is 26.4 Å². The van der Waals surface area contributed by atoms with Crippen molar-refractivity contribution in [2.24, 2.45) is 0 Å². The van der Waals surface area contributed by atoms with Gasteiger partial charge in [0.1, 0.15) is 11.4 Å². The topological polar surface area (TPSA) is 118 Å². The minimum absolute atomic E-state index is 0.0729. The molecule has 0 aliphatic rings. The predicted molar refractivity (Wildman–Crippen MR) is 133 cm³/mol. The highest BCUT2D eigenvalue weighted by Crippen LogP contribution is 2.31. The molecule has 0 fully saturated rings. The highest BCUT2D eigenvalue weighted by Gasteiger charge is 2.32. The highest BCUT2D eigenvalue weighted by molar-refractivity contribution is 7.88. The quantitative estimate of drug-likeness (QED) is 0.393. The first-order valence-electron chi connectivity index (χ1n) is 11.2. The van der Waals surface area contributed by atoms with E-state index in [9.17, 15) is 31.2 Å². The van der Waals surface area contributed by atoms with Crippen molar-refractivity contribution in [1.82, 2.24) is 24.1 Å². The zero-order chi connectivity index (χ0) is 27.8. The van der Waals surface area contributed by atoms with E-state index in [1.807, 2.05) is 0 Å². The lowest BCUT2D eigenvalue weighted by atomic mass is 10.1. The molecule has 0 unspecified atom stereocenters. The van der Waals surface area contributed by atoms with Gasteiger partial charge in [0.2, 0.25) is 10.0 Å². The molecule has 2 aromatic carbocycles. The van der Waals surface area contributed by atoms with Crippen LogP contribution in [0.25, 0.3) is 17.1 Å². The van der Waals surface area contributed by atoms with Gasteiger partial charge < -0.3 is 0 Å². The van der Waals surface area contributed by atoms with Crippen LogP contribution >= 0.6 is 0 Å². The smallest absolute Gasteiger partial charge is 0.280 e. The third kappa shape index (κ3) is 5.37. The number of aryl methyl sites for hydroxylation is 1. The lowest BCUT2D eigenvalue weighted by molar-refractivity contribution is -0.137. The maximum absolute atomic E-state index is 13.7. The molecule has 0 bridgehead atoms. The summed E-state index contributed by atoms with van der Waals surface area (Å²) in [5.41, 5.74) is -1.95. The summed E-state index contributed by atoms with van der Waals surface area (Å²) in [5.74, 6) is -0.662. The number of rotatable bonds is 6. The van der Waals surface area contributed by atoms with Crippen molar-refractivity contribution in [3.8, 4) is 17.1 Å². The molecule has 1 amide bonds. The molecule has 0 atom stereocenters.